The van der Waals surface area contributed by atoms with Gasteiger partial charge in [-0.1, -0.05) is 13.0 Å². The first-order valence-electron chi connectivity index (χ1n) is 8.08. The highest BCUT2D eigenvalue weighted by molar-refractivity contribution is 7.80. The Bertz CT molecular complexity index is 897. The van der Waals surface area contributed by atoms with E-state index >= 15 is 0 Å². The van der Waals surface area contributed by atoms with E-state index < -0.39 is 10.8 Å². The molecular formula is C18H18N4O4S. The van der Waals surface area contributed by atoms with Crippen molar-refractivity contribution in [1.82, 2.24) is 5.32 Å². The molecule has 2 aromatic carbocycles. The first-order valence-corrected chi connectivity index (χ1v) is 8.49. The van der Waals surface area contributed by atoms with Crippen LogP contribution >= 0.6 is 12.2 Å². The van der Waals surface area contributed by atoms with Crippen LogP contribution in [-0.2, 0) is 4.79 Å². The molecule has 0 heterocycles. The third-order valence-electron chi connectivity index (χ3n) is 3.74. The van der Waals surface area contributed by atoms with Crippen LogP contribution in [0.1, 0.15) is 29.3 Å². The molecular weight excluding hydrogens is 368 g/mol. The molecule has 0 unspecified atom stereocenters. The van der Waals surface area contributed by atoms with Crippen molar-refractivity contribution in [3.63, 3.8) is 0 Å². The van der Waals surface area contributed by atoms with Gasteiger partial charge in [0.05, 0.1) is 4.92 Å². The van der Waals surface area contributed by atoms with Crippen LogP contribution < -0.4 is 16.0 Å². The van der Waals surface area contributed by atoms with Crippen molar-refractivity contribution in [2.45, 2.75) is 20.3 Å². The van der Waals surface area contributed by atoms with E-state index in [4.69, 9.17) is 12.2 Å². The molecule has 0 aromatic heterocycles. The second kappa shape index (κ2) is 8.86. The molecule has 27 heavy (non-hydrogen) atoms. The molecule has 0 radical (unpaired) electrons. The van der Waals surface area contributed by atoms with Gasteiger partial charge >= 0.3 is 0 Å². The number of nitro benzene ring substituents is 1. The lowest BCUT2D eigenvalue weighted by Gasteiger charge is -2.15. The molecule has 0 spiro atoms. The number of hydrogen-bond donors (Lipinski definition) is 3. The average Bonchev–Trinajstić information content (AvgIpc) is 2.64. The summed E-state index contributed by atoms with van der Waals surface area (Å²) in [4.78, 5) is 33.9. The van der Waals surface area contributed by atoms with E-state index in [1.807, 2.05) is 6.92 Å². The van der Waals surface area contributed by atoms with Gasteiger partial charge in [-0.15, -0.1) is 0 Å². The number of nitrogens with zero attached hydrogens (tertiary/aromatic N) is 1. The van der Waals surface area contributed by atoms with Gasteiger partial charge in [0.2, 0.25) is 5.91 Å². The predicted octanol–water partition coefficient (Wildman–Crippen LogP) is 3.38. The van der Waals surface area contributed by atoms with E-state index in [9.17, 15) is 19.7 Å². The minimum Gasteiger partial charge on any atom is -0.332 e. The number of carbonyl (C=O) groups excluding carboxylic acids is 2. The summed E-state index contributed by atoms with van der Waals surface area (Å²) in [6.45, 7) is 3.57. The number of nitro groups is 1. The van der Waals surface area contributed by atoms with Gasteiger partial charge in [0.15, 0.2) is 5.11 Å². The Morgan fingerprint density at radius 2 is 1.67 bits per heavy atom. The van der Waals surface area contributed by atoms with Gasteiger partial charge < -0.3 is 10.6 Å². The molecule has 2 aromatic rings. The van der Waals surface area contributed by atoms with Crippen LogP contribution in [0.4, 0.5) is 17.1 Å². The van der Waals surface area contributed by atoms with E-state index in [2.05, 4.69) is 16.0 Å². The minimum atomic E-state index is -0.541. The molecule has 0 bridgehead atoms. The Kier molecular flexibility index (Phi) is 6.56. The van der Waals surface area contributed by atoms with Crippen molar-refractivity contribution in [2.75, 3.05) is 10.6 Å². The fourth-order valence-electron chi connectivity index (χ4n) is 2.21. The van der Waals surface area contributed by atoms with Crippen molar-refractivity contribution in [1.29, 1.82) is 0 Å². The van der Waals surface area contributed by atoms with Crippen molar-refractivity contribution < 1.29 is 14.5 Å². The zero-order valence-electron chi connectivity index (χ0n) is 14.7. The number of amides is 2. The van der Waals surface area contributed by atoms with Gasteiger partial charge in [0, 0.05) is 35.5 Å². The third kappa shape index (κ3) is 5.32. The summed E-state index contributed by atoms with van der Waals surface area (Å²) in [5.74, 6) is -0.597. The van der Waals surface area contributed by atoms with E-state index in [0.717, 1.165) is 5.56 Å². The van der Waals surface area contributed by atoms with Crippen LogP contribution in [0.2, 0.25) is 0 Å². The maximum atomic E-state index is 12.2. The second-order valence-electron chi connectivity index (χ2n) is 5.59. The third-order valence-corrected chi connectivity index (χ3v) is 3.95. The molecule has 0 aliphatic carbocycles. The number of rotatable bonds is 5. The lowest BCUT2D eigenvalue weighted by atomic mass is 10.1. The number of benzene rings is 2. The molecule has 0 fully saturated rings. The SMILES string of the molecule is CCC(=O)Nc1cccc(NC(=S)NC(=O)c2ccc([N+](=O)[O-])cc2)c1C. The molecule has 0 saturated carbocycles. The Morgan fingerprint density at radius 1 is 1.07 bits per heavy atom. The van der Waals surface area contributed by atoms with E-state index in [-0.39, 0.29) is 22.3 Å². The summed E-state index contributed by atoms with van der Waals surface area (Å²) >= 11 is 5.15. The topological polar surface area (TPSA) is 113 Å². The number of non-ortho nitro benzene ring substituents is 1. The first-order chi connectivity index (χ1) is 12.8. The largest absolute Gasteiger partial charge is 0.332 e. The first kappa shape index (κ1) is 20.0. The predicted molar refractivity (Wildman–Crippen MR) is 107 cm³/mol. The zero-order valence-corrected chi connectivity index (χ0v) is 15.6. The molecule has 3 N–H and O–H groups in total. The Balaban J connectivity index is 2.05. The Labute approximate surface area is 161 Å². The lowest BCUT2D eigenvalue weighted by Crippen LogP contribution is -2.34. The zero-order chi connectivity index (χ0) is 20.0. The smallest absolute Gasteiger partial charge is 0.269 e. The van der Waals surface area contributed by atoms with Crippen molar-refractivity contribution >= 4 is 46.2 Å². The summed E-state index contributed by atoms with van der Waals surface area (Å²) in [6, 6.07) is 10.5. The van der Waals surface area contributed by atoms with Gasteiger partial charge in [-0.25, -0.2) is 0 Å². The van der Waals surface area contributed by atoms with Crippen LogP contribution in [-0.4, -0.2) is 21.9 Å². The van der Waals surface area contributed by atoms with E-state index in [1.165, 1.54) is 24.3 Å². The fraction of sp³-hybridized carbons (Fsp3) is 0.167. The normalized spacial score (nSPS) is 10.0. The van der Waals surface area contributed by atoms with Crippen molar-refractivity contribution in [3.8, 4) is 0 Å². The van der Waals surface area contributed by atoms with Crippen LogP contribution in [0, 0.1) is 17.0 Å². The standard InChI is InChI=1S/C18H18N4O4S/c1-3-16(23)19-14-5-4-6-15(11(14)2)20-18(27)21-17(24)12-7-9-13(10-8-12)22(25)26/h4-10H,3H2,1-2H3,(H,19,23)(H2,20,21,24,27). The van der Waals surface area contributed by atoms with E-state index in [0.29, 0.717) is 17.8 Å². The Hall–Kier alpha value is -3.33. The number of nitrogens with one attached hydrogen (secondary N) is 3. The van der Waals surface area contributed by atoms with Crippen LogP contribution in [0.3, 0.4) is 0 Å². The minimum absolute atomic E-state index is 0.0698. The van der Waals surface area contributed by atoms with Crippen LogP contribution in [0.5, 0.6) is 0 Å². The maximum absolute atomic E-state index is 12.2. The highest BCUT2D eigenvalue weighted by Gasteiger charge is 2.12. The Morgan fingerprint density at radius 3 is 2.22 bits per heavy atom. The quantitative estimate of drug-likeness (QED) is 0.412. The fourth-order valence-corrected chi connectivity index (χ4v) is 2.41. The molecule has 140 valence electrons. The summed E-state index contributed by atoms with van der Waals surface area (Å²) in [6.07, 6.45) is 0.362. The molecule has 9 heteroatoms. The van der Waals surface area contributed by atoms with Gasteiger partial charge in [-0.05, 0) is 49.0 Å². The van der Waals surface area contributed by atoms with Gasteiger partial charge in [0.25, 0.3) is 11.6 Å². The number of anilines is 2. The summed E-state index contributed by atoms with van der Waals surface area (Å²) in [5.41, 5.74) is 2.19. The molecule has 2 amide bonds. The molecule has 0 aliphatic heterocycles. The number of carbonyl (C=O) groups is 2. The second-order valence-corrected chi connectivity index (χ2v) is 6.00. The average molecular weight is 386 g/mol. The molecule has 0 saturated heterocycles. The maximum Gasteiger partial charge on any atom is 0.269 e. The summed E-state index contributed by atoms with van der Waals surface area (Å²) in [7, 11) is 0. The van der Waals surface area contributed by atoms with Crippen molar-refractivity contribution in [3.05, 3.63) is 63.7 Å². The number of thiocarbonyl (C=S) groups is 1. The molecule has 8 nitrogen and oxygen atoms in total. The van der Waals surface area contributed by atoms with Crippen LogP contribution in [0.15, 0.2) is 42.5 Å². The lowest BCUT2D eigenvalue weighted by molar-refractivity contribution is -0.384. The van der Waals surface area contributed by atoms with Crippen LogP contribution in [0.25, 0.3) is 0 Å². The molecule has 2 rings (SSSR count). The van der Waals surface area contributed by atoms with Crippen molar-refractivity contribution in [2.24, 2.45) is 0 Å². The highest BCUT2D eigenvalue weighted by atomic mass is 32.1. The van der Waals surface area contributed by atoms with Gasteiger partial charge in [-0.3, -0.25) is 25.0 Å². The summed E-state index contributed by atoms with van der Waals surface area (Å²) in [5, 5.41) is 18.9. The van der Waals surface area contributed by atoms with Gasteiger partial charge in [0.1, 0.15) is 0 Å². The monoisotopic (exact) mass is 386 g/mol. The number of hydrogen-bond acceptors (Lipinski definition) is 5. The van der Waals surface area contributed by atoms with E-state index in [1.54, 1.807) is 25.1 Å². The van der Waals surface area contributed by atoms with Gasteiger partial charge in [-0.2, -0.15) is 0 Å². The molecule has 0 aliphatic rings. The molecule has 0 atom stereocenters. The highest BCUT2D eigenvalue weighted by Crippen LogP contribution is 2.23. The summed E-state index contributed by atoms with van der Waals surface area (Å²) < 4.78 is 0.